The predicted molar refractivity (Wildman–Crippen MR) is 92.7 cm³/mol. The summed E-state index contributed by atoms with van der Waals surface area (Å²) in [5.74, 6) is 0.278. The van der Waals surface area contributed by atoms with E-state index in [1.54, 1.807) is 0 Å². The SMILES string of the molecule is O=C(NCCCl)Nc1ccc(S(=O)(=O)c2ccc([N+](=O)[O-])cc2)cc1. The summed E-state index contributed by atoms with van der Waals surface area (Å²) < 4.78 is 25.0. The van der Waals surface area contributed by atoms with Gasteiger partial charge in [-0.05, 0) is 36.4 Å². The molecule has 25 heavy (non-hydrogen) atoms. The molecule has 0 heterocycles. The highest BCUT2D eigenvalue weighted by Crippen LogP contribution is 2.24. The molecule has 10 heteroatoms. The molecule has 0 saturated heterocycles. The van der Waals surface area contributed by atoms with Crippen molar-refractivity contribution in [3.63, 3.8) is 0 Å². The Bertz CT molecular complexity index is 867. The highest BCUT2D eigenvalue weighted by atomic mass is 35.5. The second-order valence-corrected chi connectivity index (χ2v) is 7.18. The minimum atomic E-state index is -3.81. The lowest BCUT2D eigenvalue weighted by atomic mass is 10.3. The first kappa shape index (κ1) is 18.7. The van der Waals surface area contributed by atoms with Gasteiger partial charge in [-0.2, -0.15) is 0 Å². The lowest BCUT2D eigenvalue weighted by Crippen LogP contribution is -2.30. The Morgan fingerprint density at radius 2 is 1.56 bits per heavy atom. The smallest absolute Gasteiger partial charge is 0.319 e. The number of halogens is 1. The summed E-state index contributed by atoms with van der Waals surface area (Å²) in [6, 6.07) is 9.73. The van der Waals surface area contributed by atoms with E-state index in [9.17, 15) is 23.3 Å². The number of rotatable bonds is 6. The van der Waals surface area contributed by atoms with Crippen LogP contribution < -0.4 is 10.6 Å². The second-order valence-electron chi connectivity index (χ2n) is 4.85. The molecule has 0 saturated carbocycles. The molecular formula is C15H14ClN3O5S. The van der Waals surface area contributed by atoms with Crippen molar-refractivity contribution in [3.8, 4) is 0 Å². The summed E-state index contributed by atoms with van der Waals surface area (Å²) >= 11 is 5.46. The largest absolute Gasteiger partial charge is 0.337 e. The zero-order chi connectivity index (χ0) is 18.4. The Labute approximate surface area is 148 Å². The molecule has 8 nitrogen and oxygen atoms in total. The number of nitrogens with one attached hydrogen (secondary N) is 2. The molecule has 0 atom stereocenters. The molecule has 2 aromatic carbocycles. The van der Waals surface area contributed by atoms with Crippen LogP contribution in [0.4, 0.5) is 16.2 Å². The fourth-order valence-corrected chi connectivity index (χ4v) is 3.29. The van der Waals surface area contributed by atoms with Gasteiger partial charge in [0.1, 0.15) is 0 Å². The first-order valence-electron chi connectivity index (χ1n) is 7.05. The van der Waals surface area contributed by atoms with Gasteiger partial charge in [0.15, 0.2) is 0 Å². The number of hydrogen-bond donors (Lipinski definition) is 2. The summed E-state index contributed by atoms with van der Waals surface area (Å²) in [5.41, 5.74) is 0.219. The maximum Gasteiger partial charge on any atom is 0.319 e. The maximum absolute atomic E-state index is 12.5. The Morgan fingerprint density at radius 3 is 2.04 bits per heavy atom. The number of non-ortho nitro benzene ring substituents is 1. The van der Waals surface area contributed by atoms with Crippen LogP contribution in [0.25, 0.3) is 0 Å². The summed E-state index contributed by atoms with van der Waals surface area (Å²) in [7, 11) is -3.81. The quantitative estimate of drug-likeness (QED) is 0.451. The van der Waals surface area contributed by atoms with Crippen LogP contribution in [0.3, 0.4) is 0 Å². The third kappa shape index (κ3) is 4.68. The van der Waals surface area contributed by atoms with E-state index >= 15 is 0 Å². The van der Waals surface area contributed by atoms with Crippen LogP contribution in [0, 0.1) is 10.1 Å². The fraction of sp³-hybridized carbons (Fsp3) is 0.133. The van der Waals surface area contributed by atoms with Gasteiger partial charge in [0.05, 0.1) is 14.7 Å². The van der Waals surface area contributed by atoms with Crippen LogP contribution in [-0.4, -0.2) is 31.8 Å². The molecule has 2 aromatic rings. The zero-order valence-electron chi connectivity index (χ0n) is 12.8. The molecule has 0 unspecified atom stereocenters. The molecule has 132 valence electrons. The van der Waals surface area contributed by atoms with E-state index in [-0.39, 0.29) is 21.4 Å². The lowest BCUT2D eigenvalue weighted by molar-refractivity contribution is -0.384. The third-order valence-corrected chi connectivity index (χ3v) is 5.13. The number of carbonyl (C=O) groups excluding carboxylic acids is 1. The summed E-state index contributed by atoms with van der Waals surface area (Å²) in [6.07, 6.45) is 0. The number of hydrogen-bond acceptors (Lipinski definition) is 5. The molecular weight excluding hydrogens is 370 g/mol. The highest BCUT2D eigenvalue weighted by molar-refractivity contribution is 7.91. The van der Waals surface area contributed by atoms with Crippen LogP contribution in [0.5, 0.6) is 0 Å². The Hall–Kier alpha value is -2.65. The van der Waals surface area contributed by atoms with Gasteiger partial charge in [-0.25, -0.2) is 13.2 Å². The van der Waals surface area contributed by atoms with E-state index in [0.29, 0.717) is 12.2 Å². The topological polar surface area (TPSA) is 118 Å². The van der Waals surface area contributed by atoms with E-state index in [1.165, 1.54) is 36.4 Å². The predicted octanol–water partition coefficient (Wildman–Crippen LogP) is 2.79. The lowest BCUT2D eigenvalue weighted by Gasteiger charge is -2.08. The number of nitrogens with zero attached hydrogens (tertiary/aromatic N) is 1. The van der Waals surface area contributed by atoms with Crippen molar-refractivity contribution < 1.29 is 18.1 Å². The van der Waals surface area contributed by atoms with E-state index in [2.05, 4.69) is 10.6 Å². The van der Waals surface area contributed by atoms with Gasteiger partial charge in [-0.15, -0.1) is 11.6 Å². The molecule has 0 radical (unpaired) electrons. The van der Waals surface area contributed by atoms with Gasteiger partial charge in [0, 0.05) is 30.2 Å². The molecule has 0 fully saturated rings. The fourth-order valence-electron chi connectivity index (χ4n) is 1.94. The van der Waals surface area contributed by atoms with Crippen molar-refractivity contribution in [2.75, 3.05) is 17.7 Å². The van der Waals surface area contributed by atoms with Crippen molar-refractivity contribution in [2.24, 2.45) is 0 Å². The summed E-state index contributed by atoms with van der Waals surface area (Å²) in [6.45, 7) is 0.306. The van der Waals surface area contributed by atoms with Gasteiger partial charge in [0.2, 0.25) is 9.84 Å². The Kier molecular flexibility index (Phi) is 5.94. The van der Waals surface area contributed by atoms with Gasteiger partial charge in [0.25, 0.3) is 5.69 Å². The van der Waals surface area contributed by atoms with Crippen LogP contribution in [-0.2, 0) is 9.84 Å². The van der Waals surface area contributed by atoms with Gasteiger partial charge >= 0.3 is 6.03 Å². The molecule has 0 spiro atoms. The maximum atomic E-state index is 12.5. The number of amides is 2. The summed E-state index contributed by atoms with van der Waals surface area (Å²) in [5, 5.41) is 15.7. The Morgan fingerprint density at radius 1 is 1.04 bits per heavy atom. The van der Waals surface area contributed by atoms with Crippen molar-refractivity contribution in [1.82, 2.24) is 5.32 Å². The zero-order valence-corrected chi connectivity index (χ0v) is 14.4. The second kappa shape index (κ2) is 7.95. The Balaban J connectivity index is 2.17. The van der Waals surface area contributed by atoms with Crippen molar-refractivity contribution in [1.29, 1.82) is 0 Å². The molecule has 0 bridgehead atoms. The van der Waals surface area contributed by atoms with Crippen LogP contribution in [0.2, 0.25) is 0 Å². The highest BCUT2D eigenvalue weighted by Gasteiger charge is 2.19. The normalized spacial score (nSPS) is 10.9. The molecule has 2 N–H and O–H groups in total. The number of anilines is 1. The van der Waals surface area contributed by atoms with E-state index in [1.807, 2.05) is 0 Å². The standard InChI is InChI=1S/C15H14ClN3O5S/c16-9-10-17-15(20)18-11-1-5-13(6-2-11)25(23,24)14-7-3-12(4-8-14)19(21)22/h1-8H,9-10H2,(H2,17,18,20). The van der Waals surface area contributed by atoms with E-state index in [0.717, 1.165) is 12.1 Å². The summed E-state index contributed by atoms with van der Waals surface area (Å²) in [4.78, 5) is 21.5. The molecule has 0 aliphatic carbocycles. The molecule has 0 aromatic heterocycles. The van der Waals surface area contributed by atoms with Crippen molar-refractivity contribution in [2.45, 2.75) is 9.79 Å². The van der Waals surface area contributed by atoms with Crippen LogP contribution in [0.15, 0.2) is 58.3 Å². The number of sulfone groups is 1. The number of carbonyl (C=O) groups is 1. The average Bonchev–Trinajstić information content (AvgIpc) is 2.60. The molecule has 0 aliphatic heterocycles. The molecule has 2 amide bonds. The van der Waals surface area contributed by atoms with Crippen molar-refractivity contribution in [3.05, 3.63) is 58.6 Å². The van der Waals surface area contributed by atoms with Crippen LogP contribution >= 0.6 is 11.6 Å². The first-order valence-corrected chi connectivity index (χ1v) is 9.07. The van der Waals surface area contributed by atoms with E-state index < -0.39 is 20.8 Å². The minimum Gasteiger partial charge on any atom is -0.337 e. The van der Waals surface area contributed by atoms with Gasteiger partial charge < -0.3 is 10.6 Å². The monoisotopic (exact) mass is 383 g/mol. The number of alkyl halides is 1. The van der Waals surface area contributed by atoms with Crippen LogP contribution in [0.1, 0.15) is 0 Å². The third-order valence-electron chi connectivity index (χ3n) is 3.16. The minimum absolute atomic E-state index is 0.00747. The molecule has 0 aliphatic rings. The number of nitro groups is 1. The first-order chi connectivity index (χ1) is 11.8. The van der Waals surface area contributed by atoms with Crippen molar-refractivity contribution >= 4 is 38.8 Å². The molecule has 2 rings (SSSR count). The average molecular weight is 384 g/mol. The number of nitro benzene ring substituents is 1. The number of benzene rings is 2. The van der Waals surface area contributed by atoms with E-state index in [4.69, 9.17) is 11.6 Å². The van der Waals surface area contributed by atoms with Gasteiger partial charge in [-0.1, -0.05) is 0 Å². The van der Waals surface area contributed by atoms with Gasteiger partial charge in [-0.3, -0.25) is 10.1 Å². The number of urea groups is 1.